The molecule has 26 heavy (non-hydrogen) atoms. The van der Waals surface area contributed by atoms with E-state index in [0.717, 1.165) is 22.2 Å². The number of ether oxygens (including phenoxy) is 1. The first-order valence-corrected chi connectivity index (χ1v) is 9.43. The summed E-state index contributed by atoms with van der Waals surface area (Å²) in [7, 11) is 1.53. The second kappa shape index (κ2) is 6.27. The van der Waals surface area contributed by atoms with Crippen molar-refractivity contribution in [3.8, 4) is 5.75 Å². The van der Waals surface area contributed by atoms with Crippen molar-refractivity contribution in [2.45, 2.75) is 13.8 Å². The van der Waals surface area contributed by atoms with Crippen LogP contribution in [-0.4, -0.2) is 16.5 Å². The number of halogens is 2. The van der Waals surface area contributed by atoms with Crippen LogP contribution in [0, 0.1) is 13.8 Å². The maximum absolute atomic E-state index is 13.0. The third-order valence-corrected chi connectivity index (χ3v) is 5.85. The zero-order valence-electron chi connectivity index (χ0n) is 14.3. The predicted octanol–water partition coefficient (Wildman–Crippen LogP) is 4.39. The first kappa shape index (κ1) is 17.3. The molecule has 0 saturated carbocycles. The van der Waals surface area contributed by atoms with Gasteiger partial charge in [0.15, 0.2) is 4.96 Å². The number of methoxy groups -OCH3 is 1. The summed E-state index contributed by atoms with van der Waals surface area (Å²) in [6, 6.07) is 7.34. The van der Waals surface area contributed by atoms with Gasteiger partial charge in [-0.15, -0.1) is 0 Å². The van der Waals surface area contributed by atoms with Crippen molar-refractivity contribution in [2.24, 2.45) is 0 Å². The molecule has 0 unspecified atom stereocenters. The minimum Gasteiger partial charge on any atom is -0.495 e. The Morgan fingerprint density at radius 2 is 1.88 bits per heavy atom. The van der Waals surface area contributed by atoms with Crippen LogP contribution in [0.2, 0.25) is 10.0 Å². The molecule has 132 valence electrons. The van der Waals surface area contributed by atoms with Gasteiger partial charge in [-0.3, -0.25) is 4.79 Å². The monoisotopic (exact) mass is 404 g/mol. The van der Waals surface area contributed by atoms with Crippen molar-refractivity contribution >= 4 is 56.6 Å². The lowest BCUT2D eigenvalue weighted by Crippen LogP contribution is -2.22. The molecule has 0 radical (unpaired) electrons. The van der Waals surface area contributed by atoms with Crippen molar-refractivity contribution in [1.82, 2.24) is 9.38 Å². The van der Waals surface area contributed by atoms with Gasteiger partial charge >= 0.3 is 0 Å². The Morgan fingerprint density at radius 3 is 2.62 bits per heavy atom. The summed E-state index contributed by atoms with van der Waals surface area (Å²) in [4.78, 5) is 18.2. The number of hydrogen-bond acceptors (Lipinski definition) is 4. The fourth-order valence-corrected chi connectivity index (χ4v) is 4.53. The molecule has 0 saturated heterocycles. The maximum Gasteiger partial charge on any atom is 0.274 e. The van der Waals surface area contributed by atoms with E-state index in [2.05, 4.69) is 4.98 Å². The van der Waals surface area contributed by atoms with E-state index in [1.54, 1.807) is 22.6 Å². The molecule has 0 spiro atoms. The van der Waals surface area contributed by atoms with Gasteiger partial charge in [-0.1, -0.05) is 34.5 Å². The Hall–Kier alpha value is -2.08. The van der Waals surface area contributed by atoms with Crippen LogP contribution in [0.3, 0.4) is 0 Å². The van der Waals surface area contributed by atoms with E-state index >= 15 is 0 Å². The molecule has 0 bridgehead atoms. The first-order chi connectivity index (χ1) is 12.4. The summed E-state index contributed by atoms with van der Waals surface area (Å²) < 4.78 is 7.55. The van der Waals surface area contributed by atoms with Gasteiger partial charge in [0, 0.05) is 10.6 Å². The number of aromatic nitrogens is 2. The molecule has 4 aromatic rings. The van der Waals surface area contributed by atoms with E-state index in [4.69, 9.17) is 27.9 Å². The third-order valence-electron chi connectivity index (χ3n) is 4.38. The maximum atomic E-state index is 13.0. The quantitative estimate of drug-likeness (QED) is 0.497. The van der Waals surface area contributed by atoms with Crippen molar-refractivity contribution < 1.29 is 4.74 Å². The second-order valence-electron chi connectivity index (χ2n) is 6.08. The van der Waals surface area contributed by atoms with Gasteiger partial charge < -0.3 is 4.74 Å². The van der Waals surface area contributed by atoms with Gasteiger partial charge in [0.25, 0.3) is 5.56 Å². The molecule has 0 aliphatic rings. The summed E-state index contributed by atoms with van der Waals surface area (Å²) in [5.41, 5.74) is 4.46. The van der Waals surface area contributed by atoms with Gasteiger partial charge in [0.05, 0.1) is 27.7 Å². The lowest BCUT2D eigenvalue weighted by atomic mass is 10.1. The molecule has 4 nitrogen and oxygen atoms in total. The normalized spacial score (nSPS) is 12.4. The molecular weight excluding hydrogens is 391 g/mol. The number of aryl methyl sites for hydroxylation is 2. The number of hydrogen-bond donors (Lipinski definition) is 0. The predicted molar refractivity (Wildman–Crippen MR) is 108 cm³/mol. The van der Waals surface area contributed by atoms with Crippen LogP contribution < -0.4 is 14.8 Å². The zero-order chi connectivity index (χ0) is 18.6. The van der Waals surface area contributed by atoms with Crippen molar-refractivity contribution in [3.63, 3.8) is 0 Å². The first-order valence-electron chi connectivity index (χ1n) is 7.86. The highest BCUT2D eigenvalue weighted by atomic mass is 35.5. The van der Waals surface area contributed by atoms with Gasteiger partial charge in [0.2, 0.25) is 0 Å². The topological polar surface area (TPSA) is 43.6 Å². The Balaban J connectivity index is 2.02. The van der Waals surface area contributed by atoms with Gasteiger partial charge in [-0.05, 0) is 55.3 Å². The second-order valence-corrected chi connectivity index (χ2v) is 7.93. The minimum absolute atomic E-state index is 0.117. The van der Waals surface area contributed by atoms with Gasteiger partial charge in [-0.2, -0.15) is 0 Å². The third kappa shape index (κ3) is 2.67. The standard InChI is InChI=1S/C19H14Cl2N2O2S/c1-9-4-14-15(5-10(9)2)23-18(24)16(26-19(23)22-14)7-11-6-12(20)8-13(21)17(11)25-3/h4-8H,1-3H3/b16-7-. The molecule has 7 heteroatoms. The summed E-state index contributed by atoms with van der Waals surface area (Å²) in [6.45, 7) is 4.06. The van der Waals surface area contributed by atoms with Crippen LogP contribution in [0.25, 0.3) is 22.1 Å². The number of benzene rings is 2. The van der Waals surface area contributed by atoms with Crippen LogP contribution >= 0.6 is 34.5 Å². The molecule has 0 aliphatic heterocycles. The summed E-state index contributed by atoms with van der Waals surface area (Å²) >= 11 is 13.6. The Morgan fingerprint density at radius 1 is 1.15 bits per heavy atom. The summed E-state index contributed by atoms with van der Waals surface area (Å²) in [5, 5.41) is 0.879. The highest BCUT2D eigenvalue weighted by molar-refractivity contribution is 7.15. The van der Waals surface area contributed by atoms with Crippen molar-refractivity contribution in [1.29, 1.82) is 0 Å². The van der Waals surface area contributed by atoms with Crippen LogP contribution in [0.4, 0.5) is 0 Å². The lowest BCUT2D eigenvalue weighted by Gasteiger charge is -2.07. The van der Waals surface area contributed by atoms with Gasteiger partial charge in [-0.25, -0.2) is 9.38 Å². The fourth-order valence-electron chi connectivity index (χ4n) is 2.96. The van der Waals surface area contributed by atoms with Crippen molar-refractivity contribution in [2.75, 3.05) is 7.11 Å². The summed E-state index contributed by atoms with van der Waals surface area (Å²) in [5.74, 6) is 0.484. The van der Waals surface area contributed by atoms with Crippen molar-refractivity contribution in [3.05, 3.63) is 65.9 Å². The highest BCUT2D eigenvalue weighted by Gasteiger charge is 2.14. The average Bonchev–Trinajstić information content (AvgIpc) is 3.05. The highest BCUT2D eigenvalue weighted by Crippen LogP contribution is 2.32. The fraction of sp³-hybridized carbons (Fsp3) is 0.158. The van der Waals surface area contributed by atoms with Crippen LogP contribution in [0.1, 0.15) is 16.7 Å². The van der Waals surface area contributed by atoms with E-state index in [0.29, 0.717) is 30.9 Å². The molecule has 0 amide bonds. The molecule has 4 rings (SSSR count). The summed E-state index contributed by atoms with van der Waals surface area (Å²) in [6.07, 6.45) is 1.74. The average molecular weight is 405 g/mol. The largest absolute Gasteiger partial charge is 0.495 e. The number of fused-ring (bicyclic) bond motifs is 3. The number of thiazole rings is 1. The molecule has 2 heterocycles. The number of rotatable bonds is 2. The van der Waals surface area contributed by atoms with E-state index in [9.17, 15) is 4.79 Å². The lowest BCUT2D eigenvalue weighted by molar-refractivity contribution is 0.414. The van der Waals surface area contributed by atoms with E-state index < -0.39 is 0 Å². The van der Waals surface area contributed by atoms with E-state index in [1.807, 2.05) is 26.0 Å². The molecule has 0 N–H and O–H groups in total. The number of nitrogens with zero attached hydrogens (tertiary/aromatic N) is 2. The Bertz CT molecular complexity index is 1290. The van der Waals surface area contributed by atoms with Crippen LogP contribution in [0.5, 0.6) is 5.75 Å². The SMILES string of the molecule is COc1c(Cl)cc(Cl)cc1/C=c1\sc2nc3cc(C)c(C)cc3n2c1=O. The van der Waals surface area contributed by atoms with Crippen LogP contribution in [0.15, 0.2) is 29.1 Å². The van der Waals surface area contributed by atoms with E-state index in [1.165, 1.54) is 18.4 Å². The van der Waals surface area contributed by atoms with Gasteiger partial charge in [0.1, 0.15) is 5.75 Å². The number of imidazole rings is 1. The van der Waals surface area contributed by atoms with E-state index in [-0.39, 0.29) is 5.56 Å². The molecule has 0 fully saturated rings. The molecule has 2 aromatic carbocycles. The zero-order valence-corrected chi connectivity index (χ0v) is 16.6. The molecule has 2 aromatic heterocycles. The van der Waals surface area contributed by atoms with Crippen LogP contribution in [-0.2, 0) is 0 Å². The smallest absolute Gasteiger partial charge is 0.274 e. The Labute approximate surface area is 163 Å². The minimum atomic E-state index is -0.117. The molecule has 0 atom stereocenters. The molecular formula is C19H14Cl2N2O2S. The Kier molecular flexibility index (Phi) is 4.18. The molecule has 0 aliphatic carbocycles.